The lowest BCUT2D eigenvalue weighted by molar-refractivity contribution is 0.123. The minimum Gasteiger partial charge on any atom is -0.293 e. The summed E-state index contributed by atoms with van der Waals surface area (Å²) in [7, 11) is 0. The average molecular weight is 195 g/mol. The minimum atomic E-state index is 0.321. The zero-order valence-electron chi connectivity index (χ0n) is 8.63. The van der Waals surface area contributed by atoms with Crippen molar-refractivity contribution in [2.45, 2.75) is 39.3 Å². The first-order valence-electron chi connectivity index (χ1n) is 4.88. The molecule has 1 nitrogen and oxygen atoms in total. The van der Waals surface area contributed by atoms with Gasteiger partial charge in [0.05, 0.1) is 0 Å². The molecule has 13 heavy (non-hydrogen) atoms. The van der Waals surface area contributed by atoms with Crippen LogP contribution in [0.3, 0.4) is 0 Å². The molecule has 2 heteroatoms. The zero-order valence-corrected chi connectivity index (χ0v) is 9.45. The van der Waals surface area contributed by atoms with E-state index in [9.17, 15) is 0 Å². The highest BCUT2D eigenvalue weighted by atomic mass is 32.1. The summed E-state index contributed by atoms with van der Waals surface area (Å²) in [5, 5.41) is 2.22. The summed E-state index contributed by atoms with van der Waals surface area (Å²) in [5.41, 5.74) is 1.90. The molecule has 0 atom stereocenters. The standard InChI is InChI=1S/C11H17NS/c1-11(2,3)12-6-4-9-5-7-13-10(9)8-12/h5,7H,4,6,8H2,1-3H3. The molecule has 1 aliphatic rings. The van der Waals surface area contributed by atoms with Gasteiger partial charge in [-0.05, 0) is 44.2 Å². The Bertz CT molecular complexity index is 295. The van der Waals surface area contributed by atoms with E-state index in [0.717, 1.165) is 6.54 Å². The molecule has 0 aliphatic carbocycles. The number of nitrogens with zero attached hydrogens (tertiary/aromatic N) is 1. The Morgan fingerprint density at radius 3 is 2.85 bits per heavy atom. The van der Waals surface area contributed by atoms with Crippen molar-refractivity contribution in [2.24, 2.45) is 0 Å². The first-order valence-corrected chi connectivity index (χ1v) is 5.75. The van der Waals surface area contributed by atoms with Crippen molar-refractivity contribution in [3.05, 3.63) is 21.9 Å². The van der Waals surface area contributed by atoms with E-state index in [1.54, 1.807) is 10.4 Å². The van der Waals surface area contributed by atoms with Crippen molar-refractivity contribution in [1.29, 1.82) is 0 Å². The zero-order chi connectivity index (χ0) is 9.47. The quantitative estimate of drug-likeness (QED) is 0.615. The van der Waals surface area contributed by atoms with Gasteiger partial charge in [0.25, 0.3) is 0 Å². The van der Waals surface area contributed by atoms with Crippen molar-refractivity contribution >= 4 is 11.3 Å². The number of fused-ring (bicyclic) bond motifs is 1. The molecule has 0 bridgehead atoms. The largest absolute Gasteiger partial charge is 0.293 e. The van der Waals surface area contributed by atoms with E-state index in [-0.39, 0.29) is 0 Å². The normalized spacial score (nSPS) is 18.7. The Hall–Kier alpha value is -0.340. The van der Waals surface area contributed by atoms with E-state index < -0.39 is 0 Å². The van der Waals surface area contributed by atoms with Crippen LogP contribution in [0.4, 0.5) is 0 Å². The highest BCUT2D eigenvalue weighted by Gasteiger charge is 2.25. The van der Waals surface area contributed by atoms with Gasteiger partial charge >= 0.3 is 0 Å². The minimum absolute atomic E-state index is 0.321. The van der Waals surface area contributed by atoms with Crippen LogP contribution in [0.5, 0.6) is 0 Å². The van der Waals surface area contributed by atoms with Gasteiger partial charge in [-0.15, -0.1) is 11.3 Å². The van der Waals surface area contributed by atoms with Crippen LogP contribution in [0.2, 0.25) is 0 Å². The van der Waals surface area contributed by atoms with E-state index in [1.807, 2.05) is 11.3 Å². The Morgan fingerprint density at radius 2 is 2.15 bits per heavy atom. The van der Waals surface area contributed by atoms with E-state index >= 15 is 0 Å². The average Bonchev–Trinajstić information content (AvgIpc) is 2.47. The second kappa shape index (κ2) is 3.10. The van der Waals surface area contributed by atoms with Gasteiger partial charge in [0.1, 0.15) is 0 Å². The smallest absolute Gasteiger partial charge is 0.0336 e. The highest BCUT2D eigenvalue weighted by Crippen LogP contribution is 2.28. The third-order valence-corrected chi connectivity index (χ3v) is 3.72. The summed E-state index contributed by atoms with van der Waals surface area (Å²) < 4.78 is 0. The molecule has 0 saturated heterocycles. The van der Waals surface area contributed by atoms with Crippen LogP contribution in [-0.2, 0) is 13.0 Å². The lowest BCUT2D eigenvalue weighted by atomic mass is 10.0. The van der Waals surface area contributed by atoms with Crippen molar-refractivity contribution in [2.75, 3.05) is 6.54 Å². The Kier molecular flexibility index (Phi) is 2.20. The fourth-order valence-corrected chi connectivity index (χ4v) is 2.76. The molecule has 2 heterocycles. The van der Waals surface area contributed by atoms with E-state index in [2.05, 4.69) is 37.1 Å². The third kappa shape index (κ3) is 1.79. The molecule has 0 N–H and O–H groups in total. The van der Waals surface area contributed by atoms with Gasteiger partial charge in [0, 0.05) is 23.5 Å². The molecule has 0 amide bonds. The molecule has 2 rings (SSSR count). The molecule has 1 aliphatic heterocycles. The maximum Gasteiger partial charge on any atom is 0.0336 e. The molecule has 72 valence electrons. The second-order valence-electron chi connectivity index (χ2n) is 4.71. The number of rotatable bonds is 0. The second-order valence-corrected chi connectivity index (χ2v) is 5.71. The van der Waals surface area contributed by atoms with Gasteiger partial charge < -0.3 is 0 Å². The van der Waals surface area contributed by atoms with Crippen LogP contribution in [0.25, 0.3) is 0 Å². The van der Waals surface area contributed by atoms with Gasteiger partial charge in [0.2, 0.25) is 0 Å². The van der Waals surface area contributed by atoms with Gasteiger partial charge in [-0.25, -0.2) is 0 Å². The molecular formula is C11H17NS. The summed E-state index contributed by atoms with van der Waals surface area (Å²) in [6, 6.07) is 2.28. The van der Waals surface area contributed by atoms with Crippen molar-refractivity contribution < 1.29 is 0 Å². The summed E-state index contributed by atoms with van der Waals surface area (Å²) in [6.07, 6.45) is 1.23. The Morgan fingerprint density at radius 1 is 1.38 bits per heavy atom. The van der Waals surface area contributed by atoms with Crippen LogP contribution in [0.15, 0.2) is 11.4 Å². The first-order chi connectivity index (χ1) is 6.07. The number of thiophene rings is 1. The van der Waals surface area contributed by atoms with Gasteiger partial charge in [-0.1, -0.05) is 0 Å². The lowest BCUT2D eigenvalue weighted by Crippen LogP contribution is -2.43. The Balaban J connectivity index is 2.18. The molecule has 1 aromatic rings. The lowest BCUT2D eigenvalue weighted by Gasteiger charge is -2.38. The summed E-state index contributed by atoms with van der Waals surface area (Å²) in [4.78, 5) is 4.13. The Labute approximate surface area is 84.4 Å². The summed E-state index contributed by atoms with van der Waals surface area (Å²) >= 11 is 1.90. The fourth-order valence-electron chi connectivity index (χ4n) is 1.81. The van der Waals surface area contributed by atoms with E-state index in [0.29, 0.717) is 5.54 Å². The van der Waals surface area contributed by atoms with Gasteiger partial charge in [0.15, 0.2) is 0 Å². The third-order valence-electron chi connectivity index (χ3n) is 2.77. The van der Waals surface area contributed by atoms with Crippen LogP contribution in [-0.4, -0.2) is 17.0 Å². The topological polar surface area (TPSA) is 3.24 Å². The maximum absolute atomic E-state index is 2.56. The van der Waals surface area contributed by atoms with Gasteiger partial charge in [-0.2, -0.15) is 0 Å². The van der Waals surface area contributed by atoms with Crippen LogP contribution >= 0.6 is 11.3 Å². The van der Waals surface area contributed by atoms with Crippen LogP contribution in [0.1, 0.15) is 31.2 Å². The number of hydrogen-bond acceptors (Lipinski definition) is 2. The molecule has 0 spiro atoms. The fraction of sp³-hybridized carbons (Fsp3) is 0.636. The van der Waals surface area contributed by atoms with Gasteiger partial charge in [-0.3, -0.25) is 4.90 Å². The van der Waals surface area contributed by atoms with E-state index in [1.165, 1.54) is 13.0 Å². The molecule has 0 unspecified atom stereocenters. The summed E-state index contributed by atoms with van der Waals surface area (Å²) in [5.74, 6) is 0. The monoisotopic (exact) mass is 195 g/mol. The molecule has 0 radical (unpaired) electrons. The van der Waals surface area contributed by atoms with Crippen LogP contribution < -0.4 is 0 Å². The number of hydrogen-bond donors (Lipinski definition) is 0. The predicted molar refractivity (Wildman–Crippen MR) is 58.2 cm³/mol. The van der Waals surface area contributed by atoms with Crippen molar-refractivity contribution in [3.63, 3.8) is 0 Å². The maximum atomic E-state index is 2.56. The van der Waals surface area contributed by atoms with Crippen LogP contribution in [0, 0.1) is 0 Å². The van der Waals surface area contributed by atoms with E-state index in [4.69, 9.17) is 0 Å². The molecule has 1 aromatic heterocycles. The molecular weight excluding hydrogens is 178 g/mol. The first kappa shape index (κ1) is 9.22. The highest BCUT2D eigenvalue weighted by molar-refractivity contribution is 7.10. The molecule has 0 saturated carbocycles. The predicted octanol–water partition coefficient (Wildman–Crippen LogP) is 2.90. The molecule has 0 fully saturated rings. The molecule has 0 aromatic carbocycles. The SMILES string of the molecule is CC(C)(C)N1CCc2ccsc2C1. The van der Waals surface area contributed by atoms with Crippen molar-refractivity contribution in [3.8, 4) is 0 Å². The van der Waals surface area contributed by atoms with Crippen molar-refractivity contribution in [1.82, 2.24) is 4.90 Å². The summed E-state index contributed by atoms with van der Waals surface area (Å²) in [6.45, 7) is 9.26.